The average molecular weight is 670 g/mol. The van der Waals surface area contributed by atoms with Gasteiger partial charge in [0.25, 0.3) is 0 Å². The van der Waals surface area contributed by atoms with E-state index in [9.17, 15) is 10.1 Å². The molecule has 48 heavy (non-hydrogen) atoms. The van der Waals surface area contributed by atoms with Crippen LogP contribution in [0.3, 0.4) is 0 Å². The third kappa shape index (κ3) is 8.28. The summed E-state index contributed by atoms with van der Waals surface area (Å²) in [6.07, 6.45) is 13.3. The number of amides is 1. The number of carbonyl (C=O) groups is 1. The van der Waals surface area contributed by atoms with Gasteiger partial charge in [0.15, 0.2) is 0 Å². The van der Waals surface area contributed by atoms with Crippen LogP contribution in [0.2, 0.25) is 0 Å². The minimum Gasteiger partial charge on any atom is -0.350 e. The van der Waals surface area contributed by atoms with Crippen molar-refractivity contribution < 1.29 is 9.18 Å². The molecule has 4 aliphatic heterocycles. The normalized spacial score (nSPS) is 35.4. The lowest BCUT2D eigenvalue weighted by Gasteiger charge is -2.48. The minimum atomic E-state index is -1.04. The zero-order valence-electron chi connectivity index (χ0n) is 29.8. The monoisotopic (exact) mass is 670 g/mol. The van der Waals surface area contributed by atoms with Gasteiger partial charge in [-0.15, -0.1) is 0 Å². The van der Waals surface area contributed by atoms with Crippen molar-refractivity contribution in [3.8, 4) is 6.07 Å². The van der Waals surface area contributed by atoms with E-state index in [0.717, 1.165) is 110 Å². The first-order valence-corrected chi connectivity index (χ1v) is 19.3. The van der Waals surface area contributed by atoms with Crippen LogP contribution in [0.15, 0.2) is 12.2 Å². The van der Waals surface area contributed by atoms with Crippen LogP contribution in [-0.4, -0.2) is 135 Å². The number of piperazine rings is 1. The minimum absolute atomic E-state index is 0.0293. The second-order valence-electron chi connectivity index (χ2n) is 16.5. The predicted molar refractivity (Wildman–Crippen MR) is 188 cm³/mol. The summed E-state index contributed by atoms with van der Waals surface area (Å²) in [5.41, 5.74) is 12.7. The number of nitriles is 1. The van der Waals surface area contributed by atoms with Gasteiger partial charge in [-0.3, -0.25) is 14.6 Å². The summed E-state index contributed by atoms with van der Waals surface area (Å²) in [6, 6.07) is 1.69. The number of carbonyl (C=O) groups excluding carboxylic acids is 1. The van der Waals surface area contributed by atoms with Crippen molar-refractivity contribution in [2.24, 2.45) is 40.1 Å². The Morgan fingerprint density at radius 1 is 1.04 bits per heavy atom. The number of nitrogens with one attached hydrogen (secondary N) is 2. The van der Waals surface area contributed by atoms with E-state index in [1.54, 1.807) is 0 Å². The summed E-state index contributed by atoms with van der Waals surface area (Å²) >= 11 is 0. The van der Waals surface area contributed by atoms with Gasteiger partial charge in [0.05, 0.1) is 35.7 Å². The highest BCUT2D eigenvalue weighted by Crippen LogP contribution is 2.53. The van der Waals surface area contributed by atoms with Gasteiger partial charge in [-0.2, -0.15) is 5.26 Å². The third-order valence-electron chi connectivity index (χ3n) is 13.3. The molecule has 6 atom stereocenters. The molecule has 0 radical (unpaired) electrons. The van der Waals surface area contributed by atoms with Gasteiger partial charge in [0.2, 0.25) is 5.91 Å². The number of hydrogen-bond acceptors (Lipinski definition) is 9. The maximum atomic E-state index is 16.2. The summed E-state index contributed by atoms with van der Waals surface area (Å²) < 4.78 is 16.2. The molecule has 11 heteroatoms. The van der Waals surface area contributed by atoms with Crippen LogP contribution in [0.25, 0.3) is 0 Å². The Hall–Kier alpha value is -1.65. The number of hydrogen-bond donors (Lipinski definition) is 4. The van der Waals surface area contributed by atoms with E-state index >= 15 is 4.39 Å². The molecule has 2 aliphatic carbocycles. The van der Waals surface area contributed by atoms with Gasteiger partial charge >= 0.3 is 0 Å². The zero-order chi connectivity index (χ0) is 33.9. The largest absolute Gasteiger partial charge is 0.350 e. The van der Waals surface area contributed by atoms with Crippen LogP contribution < -0.4 is 22.1 Å². The number of piperidine rings is 2. The van der Waals surface area contributed by atoms with Crippen molar-refractivity contribution in [2.45, 2.75) is 102 Å². The lowest BCUT2D eigenvalue weighted by Crippen LogP contribution is -2.68. The Labute approximate surface area is 289 Å². The molecule has 270 valence electrons. The first-order chi connectivity index (χ1) is 23.1. The van der Waals surface area contributed by atoms with Gasteiger partial charge in [0.1, 0.15) is 6.17 Å². The van der Waals surface area contributed by atoms with Crippen LogP contribution >= 0.6 is 0 Å². The standard InChI is InChI=1S/C37H64FN9O/c1-3-45-24-29(38)33(47-15-8-27(9-16-47)23-46-19-17-44(2)18-20-46)31(25-45)43-35(48)32(34(40)41)30-21-36(10-5-4-6-11-36)12-7-28(22-42-30)37(26-39)13-14-37/h7,12,27-34,42H,3-6,8-11,13-25,40-41H2,1-2H3,(H,43,48)/b12-7-. The number of nitrogens with zero attached hydrogens (tertiary/aromatic N) is 5. The fourth-order valence-electron chi connectivity index (χ4n) is 9.88. The molecule has 0 aromatic carbocycles. The van der Waals surface area contributed by atoms with E-state index in [1.165, 1.54) is 6.42 Å². The van der Waals surface area contributed by atoms with E-state index < -0.39 is 18.3 Å². The number of likely N-dealkylation sites (N-methyl/N-ethyl adjacent to an activating group) is 2. The van der Waals surface area contributed by atoms with E-state index in [-0.39, 0.29) is 40.8 Å². The molecule has 4 heterocycles. The molecule has 1 amide bonds. The van der Waals surface area contributed by atoms with Gasteiger partial charge < -0.3 is 31.9 Å². The molecule has 6 aliphatic rings. The molecule has 2 saturated carbocycles. The maximum absolute atomic E-state index is 16.2. The Balaban J connectivity index is 1.15. The number of allylic oxidation sites excluding steroid dienone is 1. The Morgan fingerprint density at radius 2 is 1.75 bits per heavy atom. The average Bonchev–Trinajstić information content (AvgIpc) is 3.87. The summed E-state index contributed by atoms with van der Waals surface area (Å²) in [5, 5.41) is 17.2. The Morgan fingerprint density at radius 3 is 2.38 bits per heavy atom. The lowest BCUT2D eigenvalue weighted by molar-refractivity contribution is -0.129. The fraction of sp³-hybridized carbons (Fsp3) is 0.892. The Bertz CT molecular complexity index is 1130. The summed E-state index contributed by atoms with van der Waals surface area (Å²) in [5.74, 6) is -0.0780. The first kappa shape index (κ1) is 36.2. The Kier molecular flexibility index (Phi) is 11.8. The quantitative estimate of drug-likeness (QED) is 0.216. The molecule has 0 bridgehead atoms. The molecule has 3 saturated heterocycles. The topological polar surface area (TPSA) is 130 Å². The molecule has 5 fully saturated rings. The van der Waals surface area contributed by atoms with Crippen LogP contribution in [0.5, 0.6) is 0 Å². The van der Waals surface area contributed by atoms with Crippen molar-refractivity contribution in [3.05, 3.63) is 12.2 Å². The van der Waals surface area contributed by atoms with Crippen LogP contribution in [0.1, 0.15) is 71.1 Å². The highest BCUT2D eigenvalue weighted by Gasteiger charge is 2.51. The van der Waals surface area contributed by atoms with Crippen LogP contribution in [0.4, 0.5) is 4.39 Å². The molecular weight excluding hydrogens is 605 g/mol. The van der Waals surface area contributed by atoms with Gasteiger partial charge in [-0.1, -0.05) is 38.3 Å². The fourth-order valence-corrected chi connectivity index (χ4v) is 9.88. The predicted octanol–water partition coefficient (Wildman–Crippen LogP) is 2.12. The van der Waals surface area contributed by atoms with Gasteiger partial charge in [-0.25, -0.2) is 4.39 Å². The SMILES string of the molecule is CCN1CC(F)C(N2CCC(CN3CCN(C)CC3)CC2)C(NC(=O)C(C(N)N)C2CC3(/C=C\C(C4(C#N)CC4)CN2)CCCCC3)C1. The third-order valence-corrected chi connectivity index (χ3v) is 13.3. The second-order valence-corrected chi connectivity index (χ2v) is 16.5. The van der Waals surface area contributed by atoms with Gasteiger partial charge in [-0.05, 0) is 83.0 Å². The summed E-state index contributed by atoms with van der Waals surface area (Å²) in [4.78, 5) is 23.9. The summed E-state index contributed by atoms with van der Waals surface area (Å²) in [6.45, 7) is 11.8. The summed E-state index contributed by atoms with van der Waals surface area (Å²) in [7, 11) is 2.19. The van der Waals surface area contributed by atoms with E-state index in [4.69, 9.17) is 11.5 Å². The molecule has 6 unspecified atom stereocenters. The highest BCUT2D eigenvalue weighted by atomic mass is 19.1. The van der Waals surface area contributed by atoms with E-state index in [1.807, 2.05) is 0 Å². The molecular formula is C37H64FN9O. The molecule has 0 aromatic rings. The number of halogens is 1. The number of likely N-dealkylation sites (tertiary alicyclic amines) is 2. The van der Waals surface area contributed by atoms with Crippen molar-refractivity contribution in [2.75, 3.05) is 79.0 Å². The van der Waals surface area contributed by atoms with Crippen molar-refractivity contribution >= 4 is 5.91 Å². The van der Waals surface area contributed by atoms with Crippen molar-refractivity contribution in [1.82, 2.24) is 30.2 Å². The zero-order valence-corrected chi connectivity index (χ0v) is 29.8. The second kappa shape index (κ2) is 15.7. The lowest BCUT2D eigenvalue weighted by atomic mass is 9.67. The van der Waals surface area contributed by atoms with Gasteiger partial charge in [0, 0.05) is 64.3 Å². The number of nitrogens with two attached hydrogens (primary N) is 2. The molecule has 0 aromatic heterocycles. The molecule has 1 spiro atoms. The van der Waals surface area contributed by atoms with E-state index in [0.29, 0.717) is 25.6 Å². The number of alkyl halides is 1. The van der Waals surface area contributed by atoms with Crippen LogP contribution in [-0.2, 0) is 4.79 Å². The van der Waals surface area contributed by atoms with Crippen molar-refractivity contribution in [3.63, 3.8) is 0 Å². The smallest absolute Gasteiger partial charge is 0.227 e. The molecule has 6 N–H and O–H groups in total. The maximum Gasteiger partial charge on any atom is 0.227 e. The van der Waals surface area contributed by atoms with Crippen molar-refractivity contribution in [1.29, 1.82) is 5.26 Å². The van der Waals surface area contributed by atoms with E-state index in [2.05, 4.69) is 62.4 Å². The first-order valence-electron chi connectivity index (χ1n) is 19.3. The number of rotatable bonds is 9. The highest BCUT2D eigenvalue weighted by molar-refractivity contribution is 5.80. The molecule has 6 rings (SSSR count). The van der Waals surface area contributed by atoms with Crippen LogP contribution in [0, 0.1) is 39.9 Å². The molecule has 10 nitrogen and oxygen atoms in total.